The van der Waals surface area contributed by atoms with Crippen LogP contribution in [0.2, 0.25) is 0 Å². The third-order valence-corrected chi connectivity index (χ3v) is 3.53. The van der Waals surface area contributed by atoms with Gasteiger partial charge in [0.1, 0.15) is 0 Å². The number of imide groups is 1. The first-order chi connectivity index (χ1) is 8.56. The van der Waals surface area contributed by atoms with Gasteiger partial charge in [-0.25, -0.2) is 0 Å². The Morgan fingerprint density at radius 3 is 2.28 bits per heavy atom. The van der Waals surface area contributed by atoms with E-state index in [9.17, 15) is 9.59 Å². The highest BCUT2D eigenvalue weighted by atomic mass is 16.2. The lowest BCUT2D eigenvalue weighted by Crippen LogP contribution is -2.30. The second-order valence-corrected chi connectivity index (χ2v) is 4.61. The Labute approximate surface area is 106 Å². The van der Waals surface area contributed by atoms with Gasteiger partial charge in [-0.3, -0.25) is 14.5 Å². The Bertz CT molecular complexity index is 525. The van der Waals surface area contributed by atoms with Crippen molar-refractivity contribution in [2.24, 2.45) is 11.8 Å². The molecule has 1 fully saturated rings. The maximum absolute atomic E-state index is 12.0. The Kier molecular flexibility index (Phi) is 3.15. The summed E-state index contributed by atoms with van der Waals surface area (Å²) in [6, 6.07) is 9.10. The van der Waals surface area contributed by atoms with Crippen LogP contribution in [0.1, 0.15) is 25.0 Å². The summed E-state index contributed by atoms with van der Waals surface area (Å²) in [5, 5.41) is 8.99. The number of hydrogen-bond acceptors (Lipinski definition) is 3. The molecule has 0 aromatic heterocycles. The van der Waals surface area contributed by atoms with Gasteiger partial charge in [-0.2, -0.15) is 5.26 Å². The average Bonchev–Trinajstić information content (AvgIpc) is 2.57. The van der Waals surface area contributed by atoms with E-state index in [1.165, 1.54) is 4.90 Å². The normalized spacial score (nSPS) is 23.3. The highest BCUT2D eigenvalue weighted by Gasteiger charge is 2.42. The molecule has 0 bridgehead atoms. The predicted octanol–water partition coefficient (Wildman–Crippen LogP) is 1.70. The van der Waals surface area contributed by atoms with Crippen molar-refractivity contribution in [3.63, 3.8) is 0 Å². The number of carbonyl (C=O) groups is 2. The van der Waals surface area contributed by atoms with Crippen molar-refractivity contribution in [3.05, 3.63) is 35.4 Å². The van der Waals surface area contributed by atoms with E-state index in [1.54, 1.807) is 38.1 Å². The molecule has 92 valence electrons. The number of nitriles is 1. The first-order valence-electron chi connectivity index (χ1n) is 5.89. The van der Waals surface area contributed by atoms with Crippen LogP contribution in [-0.4, -0.2) is 16.7 Å². The number of likely N-dealkylation sites (tertiary alicyclic amines) is 1. The lowest BCUT2D eigenvalue weighted by molar-refractivity contribution is -0.140. The van der Waals surface area contributed by atoms with Gasteiger partial charge < -0.3 is 0 Å². The van der Waals surface area contributed by atoms with E-state index in [-0.39, 0.29) is 30.2 Å². The summed E-state index contributed by atoms with van der Waals surface area (Å²) in [4.78, 5) is 25.2. The molecule has 4 nitrogen and oxygen atoms in total. The van der Waals surface area contributed by atoms with Crippen molar-refractivity contribution in [2.75, 3.05) is 0 Å². The van der Waals surface area contributed by atoms with Gasteiger partial charge in [0, 0.05) is 11.8 Å². The summed E-state index contributed by atoms with van der Waals surface area (Å²) in [5.41, 5.74) is 1.22. The van der Waals surface area contributed by atoms with Gasteiger partial charge in [0.2, 0.25) is 11.8 Å². The predicted molar refractivity (Wildman–Crippen MR) is 65.0 cm³/mol. The minimum Gasteiger partial charge on any atom is -0.278 e. The molecule has 0 N–H and O–H groups in total. The number of carbonyl (C=O) groups excluding carboxylic acids is 2. The highest BCUT2D eigenvalue weighted by molar-refractivity contribution is 6.04. The lowest BCUT2D eigenvalue weighted by Gasteiger charge is -2.15. The Morgan fingerprint density at radius 2 is 1.72 bits per heavy atom. The second kappa shape index (κ2) is 4.61. The number of benzene rings is 1. The maximum Gasteiger partial charge on any atom is 0.233 e. The molecule has 2 rings (SSSR count). The van der Waals surface area contributed by atoms with Crippen LogP contribution in [0, 0.1) is 23.2 Å². The van der Waals surface area contributed by atoms with Gasteiger partial charge in [-0.1, -0.05) is 32.0 Å². The molecule has 18 heavy (non-hydrogen) atoms. The minimum absolute atomic E-state index is 0.153. The van der Waals surface area contributed by atoms with E-state index in [1.807, 2.05) is 0 Å². The fraction of sp³-hybridized carbons (Fsp3) is 0.357. The average molecular weight is 242 g/mol. The Hall–Kier alpha value is -2.15. The SMILES string of the molecule is CC1C(=O)N(Cc2ccccc2C#N)C(=O)C1C. The van der Waals surface area contributed by atoms with Crippen molar-refractivity contribution in [3.8, 4) is 6.07 Å². The number of nitrogens with zero attached hydrogens (tertiary/aromatic N) is 2. The van der Waals surface area contributed by atoms with Crippen molar-refractivity contribution in [2.45, 2.75) is 20.4 Å². The van der Waals surface area contributed by atoms with Gasteiger partial charge in [0.25, 0.3) is 0 Å². The van der Waals surface area contributed by atoms with E-state index in [2.05, 4.69) is 6.07 Å². The third-order valence-electron chi connectivity index (χ3n) is 3.53. The number of hydrogen-bond donors (Lipinski definition) is 0. The van der Waals surface area contributed by atoms with E-state index < -0.39 is 0 Å². The molecule has 2 amide bonds. The van der Waals surface area contributed by atoms with Crippen LogP contribution < -0.4 is 0 Å². The molecule has 0 radical (unpaired) electrons. The summed E-state index contributed by atoms with van der Waals surface area (Å²) in [6.45, 7) is 3.72. The molecule has 1 aliphatic rings. The van der Waals surface area contributed by atoms with Gasteiger partial charge in [-0.15, -0.1) is 0 Å². The lowest BCUT2D eigenvalue weighted by atomic mass is 10.00. The molecule has 1 saturated heterocycles. The topological polar surface area (TPSA) is 61.2 Å². The molecular formula is C14H14N2O2. The minimum atomic E-state index is -0.272. The maximum atomic E-state index is 12.0. The Balaban J connectivity index is 2.28. The molecule has 1 heterocycles. The molecule has 0 aliphatic carbocycles. The van der Waals surface area contributed by atoms with Crippen LogP contribution in [0.4, 0.5) is 0 Å². The van der Waals surface area contributed by atoms with E-state index in [4.69, 9.17) is 5.26 Å². The van der Waals surface area contributed by atoms with Gasteiger partial charge in [0.05, 0.1) is 18.2 Å². The van der Waals surface area contributed by atoms with E-state index >= 15 is 0 Å². The number of rotatable bonds is 2. The van der Waals surface area contributed by atoms with Crippen LogP contribution in [0.3, 0.4) is 0 Å². The second-order valence-electron chi connectivity index (χ2n) is 4.61. The van der Waals surface area contributed by atoms with Crippen LogP contribution in [0.25, 0.3) is 0 Å². The molecule has 4 heteroatoms. The molecule has 1 aromatic rings. The summed E-state index contributed by atoms with van der Waals surface area (Å²) in [6.07, 6.45) is 0. The van der Waals surface area contributed by atoms with E-state index in [0.717, 1.165) is 0 Å². The van der Waals surface area contributed by atoms with Crippen molar-refractivity contribution in [1.29, 1.82) is 5.26 Å². The summed E-state index contributed by atoms with van der Waals surface area (Å²) >= 11 is 0. The first-order valence-corrected chi connectivity index (χ1v) is 5.89. The fourth-order valence-corrected chi connectivity index (χ4v) is 2.12. The Morgan fingerprint density at radius 1 is 1.17 bits per heavy atom. The zero-order valence-electron chi connectivity index (χ0n) is 10.4. The standard InChI is InChI=1S/C14H14N2O2/c1-9-10(2)14(18)16(13(9)17)8-12-6-4-3-5-11(12)7-15/h3-6,9-10H,8H2,1-2H3. The van der Waals surface area contributed by atoms with Crippen molar-refractivity contribution >= 4 is 11.8 Å². The largest absolute Gasteiger partial charge is 0.278 e. The first kappa shape index (κ1) is 12.3. The van der Waals surface area contributed by atoms with Crippen LogP contribution in [0.15, 0.2) is 24.3 Å². The van der Waals surface area contributed by atoms with Crippen LogP contribution in [-0.2, 0) is 16.1 Å². The highest BCUT2D eigenvalue weighted by Crippen LogP contribution is 2.27. The molecule has 0 saturated carbocycles. The fourth-order valence-electron chi connectivity index (χ4n) is 2.12. The van der Waals surface area contributed by atoms with Gasteiger partial charge in [0.15, 0.2) is 0 Å². The molecular weight excluding hydrogens is 228 g/mol. The summed E-state index contributed by atoms with van der Waals surface area (Å²) in [7, 11) is 0. The quantitative estimate of drug-likeness (QED) is 0.741. The van der Waals surface area contributed by atoms with Crippen LogP contribution in [0.5, 0.6) is 0 Å². The molecule has 2 unspecified atom stereocenters. The van der Waals surface area contributed by atoms with Crippen LogP contribution >= 0.6 is 0 Å². The smallest absolute Gasteiger partial charge is 0.233 e. The molecule has 2 atom stereocenters. The summed E-state index contributed by atoms with van der Waals surface area (Å²) in [5.74, 6) is -0.848. The van der Waals surface area contributed by atoms with Gasteiger partial charge >= 0.3 is 0 Å². The zero-order chi connectivity index (χ0) is 13.3. The molecule has 0 spiro atoms. The zero-order valence-corrected chi connectivity index (χ0v) is 10.4. The summed E-state index contributed by atoms with van der Waals surface area (Å²) < 4.78 is 0. The van der Waals surface area contributed by atoms with Gasteiger partial charge in [-0.05, 0) is 11.6 Å². The third kappa shape index (κ3) is 1.88. The van der Waals surface area contributed by atoms with Crippen molar-refractivity contribution < 1.29 is 9.59 Å². The van der Waals surface area contributed by atoms with Crippen molar-refractivity contribution in [1.82, 2.24) is 4.90 Å². The number of amides is 2. The monoisotopic (exact) mass is 242 g/mol. The molecule has 1 aromatic carbocycles. The van der Waals surface area contributed by atoms with E-state index in [0.29, 0.717) is 11.1 Å². The molecule has 1 aliphatic heterocycles.